The zero-order valence-corrected chi connectivity index (χ0v) is 21.1. The lowest BCUT2D eigenvalue weighted by Gasteiger charge is -2.31. The van der Waals surface area contributed by atoms with Crippen LogP contribution < -0.4 is 11.5 Å². The van der Waals surface area contributed by atoms with Gasteiger partial charge in [-0.3, -0.25) is 0 Å². The third-order valence-electron chi connectivity index (χ3n) is 5.64. The van der Waals surface area contributed by atoms with Crippen LogP contribution in [0.2, 0.25) is 0 Å². The van der Waals surface area contributed by atoms with Crippen molar-refractivity contribution < 1.29 is 28.4 Å². The molecule has 196 valence electrons. The van der Waals surface area contributed by atoms with Crippen LogP contribution in [0.4, 0.5) is 0 Å². The second-order valence-electron chi connectivity index (χ2n) is 8.39. The minimum atomic E-state index is -0.330. The summed E-state index contributed by atoms with van der Waals surface area (Å²) in [6.45, 7) is 2.10. The normalized spacial score (nSPS) is 15.0. The molecule has 2 aromatic carbocycles. The highest BCUT2D eigenvalue weighted by atomic mass is 16.7. The first-order valence-electron chi connectivity index (χ1n) is 12.1. The summed E-state index contributed by atoms with van der Waals surface area (Å²) in [5, 5.41) is 0. The van der Waals surface area contributed by atoms with E-state index in [1.165, 1.54) is 0 Å². The molecule has 0 amide bonds. The highest BCUT2D eigenvalue weighted by molar-refractivity contribution is 5.17. The van der Waals surface area contributed by atoms with Gasteiger partial charge in [0.15, 0.2) is 0 Å². The number of hydrogen-bond acceptors (Lipinski definition) is 8. The van der Waals surface area contributed by atoms with E-state index in [0.29, 0.717) is 45.7 Å². The molecule has 0 fully saturated rings. The lowest BCUT2D eigenvalue weighted by molar-refractivity contribution is -0.140. The Hall–Kier alpha value is -1.88. The molecular formula is C27H42N2O6. The summed E-state index contributed by atoms with van der Waals surface area (Å²) in [6, 6.07) is 19.7. The van der Waals surface area contributed by atoms with Crippen LogP contribution in [-0.4, -0.2) is 78.5 Å². The van der Waals surface area contributed by atoms with Crippen LogP contribution in [0.25, 0.3) is 0 Å². The highest BCUT2D eigenvalue weighted by Gasteiger charge is 2.28. The molecular weight excluding hydrogens is 448 g/mol. The van der Waals surface area contributed by atoms with Gasteiger partial charge in [0, 0.05) is 32.7 Å². The number of benzene rings is 2. The Morgan fingerprint density at radius 2 is 1.00 bits per heavy atom. The van der Waals surface area contributed by atoms with Crippen LogP contribution in [0.15, 0.2) is 60.7 Å². The van der Waals surface area contributed by atoms with Crippen molar-refractivity contribution in [2.75, 3.05) is 54.2 Å². The molecule has 0 radical (unpaired) electrons. The maximum Gasteiger partial charge on any atom is 0.147 e. The number of nitrogens with two attached hydrogens (primary N) is 2. The fraction of sp³-hybridized carbons (Fsp3) is 0.556. The lowest BCUT2D eigenvalue weighted by Crippen LogP contribution is -2.47. The summed E-state index contributed by atoms with van der Waals surface area (Å²) >= 11 is 0. The molecule has 0 aliphatic heterocycles. The molecule has 8 heteroatoms. The van der Waals surface area contributed by atoms with Gasteiger partial charge in [0.05, 0.1) is 38.6 Å². The van der Waals surface area contributed by atoms with E-state index in [1.807, 2.05) is 36.4 Å². The lowest BCUT2D eigenvalue weighted by atomic mass is 9.93. The van der Waals surface area contributed by atoms with Crippen molar-refractivity contribution in [2.45, 2.75) is 43.6 Å². The number of hydrogen-bond donors (Lipinski definition) is 2. The van der Waals surface area contributed by atoms with Crippen LogP contribution in [0, 0.1) is 0 Å². The average Bonchev–Trinajstić information content (AvgIpc) is 2.87. The summed E-state index contributed by atoms with van der Waals surface area (Å²) in [6.07, 6.45) is 1.17. The molecule has 4 N–H and O–H groups in total. The van der Waals surface area contributed by atoms with Gasteiger partial charge in [0.2, 0.25) is 0 Å². The monoisotopic (exact) mass is 490 g/mol. The van der Waals surface area contributed by atoms with Gasteiger partial charge < -0.3 is 39.9 Å². The number of methoxy groups -OCH3 is 2. The summed E-state index contributed by atoms with van der Waals surface area (Å²) < 4.78 is 33.4. The smallest absolute Gasteiger partial charge is 0.147 e. The summed E-state index contributed by atoms with van der Waals surface area (Å²) in [5.41, 5.74) is 15.6. The molecule has 0 saturated heterocycles. The zero-order valence-electron chi connectivity index (χ0n) is 21.1. The molecule has 0 unspecified atom stereocenters. The molecule has 0 aromatic heterocycles. The van der Waals surface area contributed by atoms with E-state index in [9.17, 15) is 0 Å². The van der Waals surface area contributed by atoms with Crippen molar-refractivity contribution in [2.24, 2.45) is 11.5 Å². The predicted octanol–water partition coefficient (Wildman–Crippen LogP) is 2.53. The van der Waals surface area contributed by atoms with Gasteiger partial charge >= 0.3 is 0 Å². The molecule has 0 aliphatic carbocycles. The van der Waals surface area contributed by atoms with Gasteiger partial charge in [-0.2, -0.15) is 0 Å². The van der Waals surface area contributed by atoms with E-state index in [4.69, 9.17) is 39.9 Å². The van der Waals surface area contributed by atoms with Crippen molar-refractivity contribution >= 4 is 0 Å². The Balaban J connectivity index is 2.06. The Bertz CT molecular complexity index is 688. The van der Waals surface area contributed by atoms with Gasteiger partial charge in [-0.1, -0.05) is 60.7 Å². The molecule has 35 heavy (non-hydrogen) atoms. The maximum atomic E-state index is 6.64. The molecule has 8 nitrogen and oxygen atoms in total. The standard InChI is InChI=1S/C27H42N2O6/c1-30-13-15-32-20-34-26(24(28)17-22-9-5-3-6-10-22)19-27(35-21-33-16-14-31-2)25(29)18-23-11-7-4-8-12-23/h3-12,24-27H,13-21,28-29H2,1-2H3/t24-,25-,26-,27-/m1/s1. The fourth-order valence-electron chi connectivity index (χ4n) is 3.67. The summed E-state index contributed by atoms with van der Waals surface area (Å²) in [4.78, 5) is 0. The molecule has 0 bridgehead atoms. The minimum absolute atomic E-state index is 0.113. The third-order valence-corrected chi connectivity index (χ3v) is 5.64. The summed E-state index contributed by atoms with van der Waals surface area (Å²) in [5.74, 6) is 0. The first kappa shape index (κ1) is 29.4. The van der Waals surface area contributed by atoms with E-state index in [2.05, 4.69) is 24.3 Å². The van der Waals surface area contributed by atoms with Crippen LogP contribution in [0.1, 0.15) is 17.5 Å². The van der Waals surface area contributed by atoms with E-state index < -0.39 is 0 Å². The van der Waals surface area contributed by atoms with Crippen LogP contribution in [-0.2, 0) is 41.3 Å². The van der Waals surface area contributed by atoms with Crippen LogP contribution in [0.5, 0.6) is 0 Å². The van der Waals surface area contributed by atoms with E-state index >= 15 is 0 Å². The minimum Gasteiger partial charge on any atom is -0.382 e. The first-order chi connectivity index (χ1) is 17.1. The molecule has 4 atom stereocenters. The molecule has 0 saturated carbocycles. The largest absolute Gasteiger partial charge is 0.382 e. The van der Waals surface area contributed by atoms with Crippen molar-refractivity contribution in [3.63, 3.8) is 0 Å². The van der Waals surface area contributed by atoms with Crippen LogP contribution in [0.3, 0.4) is 0 Å². The topological polar surface area (TPSA) is 107 Å². The predicted molar refractivity (Wildman–Crippen MR) is 136 cm³/mol. The van der Waals surface area contributed by atoms with Gasteiger partial charge in [0.1, 0.15) is 13.6 Å². The van der Waals surface area contributed by atoms with Crippen molar-refractivity contribution in [3.05, 3.63) is 71.8 Å². The molecule has 0 spiro atoms. The van der Waals surface area contributed by atoms with Gasteiger partial charge in [0.25, 0.3) is 0 Å². The zero-order chi connectivity index (χ0) is 25.1. The first-order valence-corrected chi connectivity index (χ1v) is 12.1. The molecule has 0 heterocycles. The average molecular weight is 491 g/mol. The van der Waals surface area contributed by atoms with Gasteiger partial charge in [-0.25, -0.2) is 0 Å². The fourth-order valence-corrected chi connectivity index (χ4v) is 3.67. The van der Waals surface area contributed by atoms with Crippen molar-refractivity contribution in [3.8, 4) is 0 Å². The molecule has 2 rings (SSSR count). The van der Waals surface area contributed by atoms with E-state index in [0.717, 1.165) is 11.1 Å². The Labute approximate surface area is 209 Å². The van der Waals surface area contributed by atoms with E-state index in [-0.39, 0.29) is 37.9 Å². The molecule has 0 aliphatic rings. The van der Waals surface area contributed by atoms with Gasteiger partial charge in [-0.05, 0) is 24.0 Å². The van der Waals surface area contributed by atoms with E-state index in [1.54, 1.807) is 14.2 Å². The quantitative estimate of drug-likeness (QED) is 0.215. The Kier molecular flexibility index (Phi) is 15.4. The second-order valence-corrected chi connectivity index (χ2v) is 8.39. The van der Waals surface area contributed by atoms with Gasteiger partial charge in [-0.15, -0.1) is 0 Å². The number of ether oxygens (including phenoxy) is 6. The number of rotatable bonds is 20. The summed E-state index contributed by atoms with van der Waals surface area (Å²) in [7, 11) is 3.27. The highest BCUT2D eigenvalue weighted by Crippen LogP contribution is 2.18. The third kappa shape index (κ3) is 12.6. The maximum absolute atomic E-state index is 6.64. The van der Waals surface area contributed by atoms with Crippen molar-refractivity contribution in [1.29, 1.82) is 0 Å². The second kappa shape index (κ2) is 18.4. The molecule has 2 aromatic rings. The SMILES string of the molecule is COCCOCO[C@H](C[C@@H](OCOCCOC)[C@H](N)Cc1ccccc1)[C@H](N)Cc1ccccc1. The Morgan fingerprint density at radius 3 is 1.37 bits per heavy atom. The Morgan fingerprint density at radius 1 is 0.600 bits per heavy atom. The van der Waals surface area contributed by atoms with Crippen molar-refractivity contribution in [1.82, 2.24) is 0 Å². The van der Waals surface area contributed by atoms with Crippen LogP contribution >= 0.6 is 0 Å².